The zero-order chi connectivity index (χ0) is 22.3. The summed E-state index contributed by atoms with van der Waals surface area (Å²) in [6.45, 7) is 7.50. The van der Waals surface area contributed by atoms with Gasteiger partial charge in [-0.15, -0.1) is 11.3 Å². The molecule has 2 rings (SSSR count). The van der Waals surface area contributed by atoms with Crippen molar-refractivity contribution < 1.29 is 28.6 Å². The van der Waals surface area contributed by atoms with Gasteiger partial charge >= 0.3 is 11.9 Å². The van der Waals surface area contributed by atoms with E-state index in [-0.39, 0.29) is 28.7 Å². The van der Waals surface area contributed by atoms with E-state index < -0.39 is 17.8 Å². The molecule has 8 heteroatoms. The van der Waals surface area contributed by atoms with Crippen LogP contribution in [0.1, 0.15) is 64.3 Å². The number of nitrogens with one attached hydrogen (secondary N) is 1. The van der Waals surface area contributed by atoms with Gasteiger partial charge in [0.1, 0.15) is 15.6 Å². The van der Waals surface area contributed by atoms with Crippen molar-refractivity contribution in [1.29, 1.82) is 0 Å². The molecule has 1 N–H and O–H groups in total. The quantitative estimate of drug-likeness (QED) is 0.584. The lowest BCUT2D eigenvalue weighted by molar-refractivity contribution is -0.118. The molecule has 0 aliphatic carbocycles. The van der Waals surface area contributed by atoms with E-state index in [0.29, 0.717) is 17.2 Å². The van der Waals surface area contributed by atoms with Crippen molar-refractivity contribution in [2.45, 2.75) is 40.0 Å². The summed E-state index contributed by atoms with van der Waals surface area (Å²) in [5, 5.41) is 2.87. The summed E-state index contributed by atoms with van der Waals surface area (Å²) in [6.07, 6.45) is 1.04. The molecule has 0 aliphatic rings. The van der Waals surface area contributed by atoms with Crippen LogP contribution in [0, 0.1) is 6.92 Å². The molecule has 0 saturated carbocycles. The van der Waals surface area contributed by atoms with E-state index in [2.05, 4.69) is 19.2 Å². The van der Waals surface area contributed by atoms with E-state index in [9.17, 15) is 14.4 Å². The third-order valence-electron chi connectivity index (χ3n) is 4.68. The Hall–Kier alpha value is -2.87. The van der Waals surface area contributed by atoms with Gasteiger partial charge in [0.2, 0.25) is 0 Å². The van der Waals surface area contributed by atoms with Crippen LogP contribution in [0.4, 0.5) is 5.00 Å². The lowest BCUT2D eigenvalue weighted by Crippen LogP contribution is -2.21. The fourth-order valence-corrected chi connectivity index (χ4v) is 3.91. The average molecular weight is 434 g/mol. The van der Waals surface area contributed by atoms with Crippen molar-refractivity contribution in [3.63, 3.8) is 0 Å². The SMILES string of the molecule is CCOC(=O)c1c(NC(=O)COc2ccc([C@H](C)CC)cc2)sc(C(=O)OC)c1C. The molecular weight excluding hydrogens is 406 g/mol. The third kappa shape index (κ3) is 5.60. The maximum absolute atomic E-state index is 12.4. The predicted molar refractivity (Wildman–Crippen MR) is 116 cm³/mol. The van der Waals surface area contributed by atoms with Crippen LogP contribution in [0.15, 0.2) is 24.3 Å². The first-order chi connectivity index (χ1) is 14.3. The van der Waals surface area contributed by atoms with Crippen molar-refractivity contribution in [3.8, 4) is 5.75 Å². The van der Waals surface area contributed by atoms with E-state index >= 15 is 0 Å². The number of rotatable bonds is 9. The number of benzene rings is 1. The topological polar surface area (TPSA) is 90.9 Å². The van der Waals surface area contributed by atoms with Gasteiger partial charge in [-0.2, -0.15) is 0 Å². The molecule has 1 heterocycles. The molecule has 0 aliphatic heterocycles. The first-order valence-corrected chi connectivity index (χ1v) is 10.5. The number of amides is 1. The van der Waals surface area contributed by atoms with Crippen LogP contribution < -0.4 is 10.1 Å². The Bertz CT molecular complexity index is 903. The van der Waals surface area contributed by atoms with Gasteiger partial charge in [0, 0.05) is 0 Å². The Morgan fingerprint density at radius 3 is 2.33 bits per heavy atom. The molecule has 0 saturated heterocycles. The number of methoxy groups -OCH3 is 1. The van der Waals surface area contributed by atoms with E-state index in [1.54, 1.807) is 13.8 Å². The fraction of sp³-hybridized carbons (Fsp3) is 0.409. The van der Waals surface area contributed by atoms with Gasteiger partial charge in [-0.1, -0.05) is 26.0 Å². The maximum Gasteiger partial charge on any atom is 0.348 e. The van der Waals surface area contributed by atoms with Crippen LogP contribution in [0.2, 0.25) is 0 Å². The van der Waals surface area contributed by atoms with Crippen molar-refractivity contribution in [2.75, 3.05) is 25.6 Å². The van der Waals surface area contributed by atoms with E-state index in [0.717, 1.165) is 17.8 Å². The lowest BCUT2D eigenvalue weighted by Gasteiger charge is -2.11. The minimum absolute atomic E-state index is 0.147. The van der Waals surface area contributed by atoms with Gasteiger partial charge in [0.15, 0.2) is 6.61 Å². The van der Waals surface area contributed by atoms with Crippen LogP contribution in [-0.4, -0.2) is 38.2 Å². The molecule has 30 heavy (non-hydrogen) atoms. The molecule has 1 amide bonds. The smallest absolute Gasteiger partial charge is 0.348 e. The monoisotopic (exact) mass is 433 g/mol. The molecule has 162 valence electrons. The number of hydrogen-bond donors (Lipinski definition) is 1. The molecule has 7 nitrogen and oxygen atoms in total. The van der Waals surface area contributed by atoms with Gasteiger partial charge in [0.05, 0.1) is 19.3 Å². The molecule has 1 aromatic heterocycles. The largest absolute Gasteiger partial charge is 0.484 e. The van der Waals surface area contributed by atoms with Crippen LogP contribution >= 0.6 is 11.3 Å². The number of hydrogen-bond acceptors (Lipinski definition) is 7. The van der Waals surface area contributed by atoms with Crippen LogP contribution in [0.25, 0.3) is 0 Å². The number of esters is 2. The van der Waals surface area contributed by atoms with Gasteiger partial charge in [-0.3, -0.25) is 4.79 Å². The minimum atomic E-state index is -0.613. The first-order valence-electron chi connectivity index (χ1n) is 9.73. The summed E-state index contributed by atoms with van der Waals surface area (Å²) in [7, 11) is 1.25. The summed E-state index contributed by atoms with van der Waals surface area (Å²) in [5.74, 6) is -0.626. The molecule has 0 radical (unpaired) electrons. The van der Waals surface area contributed by atoms with Gasteiger partial charge in [-0.05, 0) is 49.4 Å². The second-order valence-corrected chi connectivity index (χ2v) is 7.71. The van der Waals surface area contributed by atoms with E-state index in [1.165, 1.54) is 12.7 Å². The number of anilines is 1. The van der Waals surface area contributed by atoms with Crippen molar-refractivity contribution >= 4 is 34.2 Å². The molecule has 0 spiro atoms. The maximum atomic E-state index is 12.4. The summed E-state index contributed by atoms with van der Waals surface area (Å²) in [5.41, 5.74) is 1.76. The average Bonchev–Trinajstić information content (AvgIpc) is 3.07. The van der Waals surface area contributed by atoms with Crippen molar-refractivity contribution in [2.24, 2.45) is 0 Å². The molecular formula is C22H27NO6S. The predicted octanol–water partition coefficient (Wildman–Crippen LogP) is 4.55. The first kappa shape index (κ1) is 23.4. The summed E-state index contributed by atoms with van der Waals surface area (Å²) < 4.78 is 15.4. The number of carbonyl (C=O) groups excluding carboxylic acids is 3. The number of ether oxygens (including phenoxy) is 3. The molecule has 0 bridgehead atoms. The molecule has 1 aromatic carbocycles. The highest BCUT2D eigenvalue weighted by atomic mass is 32.1. The standard InChI is InChI=1S/C22H27NO6S/c1-6-13(3)15-8-10-16(11-9-15)29-12-17(24)23-20-18(21(25)28-7-2)14(4)19(30-20)22(26)27-5/h8-11,13H,6-7,12H2,1-5H3,(H,23,24)/t13-/m1/s1. The van der Waals surface area contributed by atoms with Crippen LogP contribution in [-0.2, 0) is 14.3 Å². The highest BCUT2D eigenvalue weighted by Gasteiger charge is 2.27. The highest BCUT2D eigenvalue weighted by Crippen LogP contribution is 2.34. The van der Waals surface area contributed by atoms with Crippen LogP contribution in [0.3, 0.4) is 0 Å². The van der Waals surface area contributed by atoms with E-state index in [1.807, 2.05) is 24.3 Å². The second-order valence-electron chi connectivity index (χ2n) is 6.69. The van der Waals surface area contributed by atoms with Crippen molar-refractivity contribution in [1.82, 2.24) is 0 Å². The number of thiophene rings is 1. The van der Waals surface area contributed by atoms with Gasteiger partial charge in [0.25, 0.3) is 5.91 Å². The zero-order valence-corrected chi connectivity index (χ0v) is 18.7. The van der Waals surface area contributed by atoms with Gasteiger partial charge in [-0.25, -0.2) is 9.59 Å². The zero-order valence-electron chi connectivity index (χ0n) is 17.9. The lowest BCUT2D eigenvalue weighted by atomic mass is 9.99. The molecule has 0 unspecified atom stereocenters. The molecule has 0 fully saturated rings. The number of carbonyl (C=O) groups is 3. The van der Waals surface area contributed by atoms with E-state index in [4.69, 9.17) is 14.2 Å². The summed E-state index contributed by atoms with van der Waals surface area (Å²) in [4.78, 5) is 36.9. The Morgan fingerprint density at radius 2 is 1.77 bits per heavy atom. The van der Waals surface area contributed by atoms with Crippen LogP contribution in [0.5, 0.6) is 5.75 Å². The highest BCUT2D eigenvalue weighted by molar-refractivity contribution is 7.18. The summed E-state index contributed by atoms with van der Waals surface area (Å²) in [6, 6.07) is 7.60. The molecule has 2 aromatic rings. The normalized spacial score (nSPS) is 11.5. The third-order valence-corrected chi connectivity index (χ3v) is 5.87. The second kappa shape index (κ2) is 10.8. The van der Waals surface area contributed by atoms with Gasteiger partial charge < -0.3 is 19.5 Å². The molecule has 1 atom stereocenters. The Balaban J connectivity index is 2.11. The summed E-state index contributed by atoms with van der Waals surface area (Å²) >= 11 is 0.968. The minimum Gasteiger partial charge on any atom is -0.484 e. The Morgan fingerprint density at radius 1 is 1.10 bits per heavy atom. The Labute approximate surface area is 180 Å². The van der Waals surface area contributed by atoms with Crippen molar-refractivity contribution in [3.05, 3.63) is 45.8 Å². The Kier molecular flexibility index (Phi) is 8.41. The fourth-order valence-electron chi connectivity index (χ4n) is 2.78.